The zero-order valence-electron chi connectivity index (χ0n) is 19.2. The molecule has 0 saturated carbocycles. The van der Waals surface area contributed by atoms with Crippen molar-refractivity contribution in [2.45, 2.75) is 32.6 Å². The molecule has 1 amide bonds. The molecule has 7 nitrogen and oxygen atoms in total. The van der Waals surface area contributed by atoms with Crippen molar-refractivity contribution in [3.05, 3.63) is 71.9 Å². The number of aryl methyl sites for hydroxylation is 2. The number of nitrogens with zero attached hydrogens (tertiary/aromatic N) is 3. The summed E-state index contributed by atoms with van der Waals surface area (Å²) >= 11 is 0. The monoisotopic (exact) mass is 444 g/mol. The van der Waals surface area contributed by atoms with Crippen molar-refractivity contribution in [1.29, 1.82) is 0 Å². The lowest BCUT2D eigenvalue weighted by Crippen LogP contribution is -2.33. The zero-order chi connectivity index (χ0) is 22.9. The van der Waals surface area contributed by atoms with Crippen molar-refractivity contribution in [2.24, 2.45) is 0 Å². The number of hydrogen-bond acceptors (Lipinski definition) is 6. The van der Waals surface area contributed by atoms with Gasteiger partial charge in [0.2, 0.25) is 11.9 Å². The Morgan fingerprint density at radius 2 is 1.67 bits per heavy atom. The number of para-hydroxylation sites is 1. The Labute approximate surface area is 195 Å². The van der Waals surface area contributed by atoms with Gasteiger partial charge in [-0.3, -0.25) is 4.79 Å². The summed E-state index contributed by atoms with van der Waals surface area (Å²) in [4.78, 5) is 23.6. The Hall–Kier alpha value is -3.45. The van der Waals surface area contributed by atoms with Gasteiger partial charge in [0.15, 0.2) is 0 Å². The summed E-state index contributed by atoms with van der Waals surface area (Å²) in [5.41, 5.74) is 3.89. The quantitative estimate of drug-likeness (QED) is 0.430. The van der Waals surface area contributed by atoms with Gasteiger partial charge in [0.05, 0.1) is 0 Å². The first-order valence-corrected chi connectivity index (χ1v) is 11.7. The maximum absolute atomic E-state index is 12.1. The van der Waals surface area contributed by atoms with Gasteiger partial charge in [0.25, 0.3) is 0 Å². The second kappa shape index (κ2) is 11.4. The van der Waals surface area contributed by atoms with Crippen molar-refractivity contribution in [2.75, 3.05) is 36.8 Å². The molecule has 0 atom stereocenters. The van der Waals surface area contributed by atoms with E-state index in [9.17, 15) is 4.79 Å². The van der Waals surface area contributed by atoms with Gasteiger partial charge in [-0.15, -0.1) is 0 Å². The van der Waals surface area contributed by atoms with Crippen LogP contribution >= 0.6 is 0 Å². The van der Waals surface area contributed by atoms with Crippen LogP contribution in [0.2, 0.25) is 0 Å². The summed E-state index contributed by atoms with van der Waals surface area (Å²) < 4.78 is 0. The molecule has 172 valence electrons. The van der Waals surface area contributed by atoms with Crippen LogP contribution in [0.4, 0.5) is 23.1 Å². The minimum atomic E-state index is 0.114. The Bertz CT molecular complexity index is 1030. The third-order valence-electron chi connectivity index (χ3n) is 5.70. The fourth-order valence-electron chi connectivity index (χ4n) is 3.95. The van der Waals surface area contributed by atoms with E-state index < -0.39 is 0 Å². The first-order chi connectivity index (χ1) is 16.1. The predicted molar refractivity (Wildman–Crippen MR) is 133 cm³/mol. The fraction of sp³-hybridized carbons (Fsp3) is 0.346. The molecule has 1 aromatic heterocycles. The van der Waals surface area contributed by atoms with E-state index in [2.05, 4.69) is 30.8 Å². The summed E-state index contributed by atoms with van der Waals surface area (Å²) in [5.74, 6) is 1.39. The van der Waals surface area contributed by atoms with Crippen molar-refractivity contribution >= 4 is 29.0 Å². The van der Waals surface area contributed by atoms with Gasteiger partial charge in [-0.25, -0.2) is 4.98 Å². The fourth-order valence-corrected chi connectivity index (χ4v) is 3.95. The van der Waals surface area contributed by atoms with Crippen LogP contribution in [0, 0.1) is 6.92 Å². The second-order valence-corrected chi connectivity index (χ2v) is 8.43. The summed E-state index contributed by atoms with van der Waals surface area (Å²) in [7, 11) is 0. The summed E-state index contributed by atoms with van der Waals surface area (Å²) in [6.07, 6.45) is 3.78. The van der Waals surface area contributed by atoms with Crippen LogP contribution in [0.5, 0.6) is 0 Å². The van der Waals surface area contributed by atoms with Crippen molar-refractivity contribution in [3.8, 4) is 0 Å². The molecule has 0 aliphatic carbocycles. The van der Waals surface area contributed by atoms with Gasteiger partial charge < -0.3 is 20.9 Å². The van der Waals surface area contributed by atoms with Crippen LogP contribution < -0.4 is 16.0 Å². The highest BCUT2D eigenvalue weighted by atomic mass is 16.1. The van der Waals surface area contributed by atoms with Crippen LogP contribution in [0.3, 0.4) is 0 Å². The SMILES string of the molecule is Cc1cc(Nc2ccccc2)nc(Nc2ccc(CCC(=O)NCCN3CCCC3)cc2)n1. The molecular weight excluding hydrogens is 412 g/mol. The Balaban J connectivity index is 1.25. The maximum Gasteiger partial charge on any atom is 0.229 e. The summed E-state index contributed by atoms with van der Waals surface area (Å²) in [5, 5.41) is 9.61. The van der Waals surface area contributed by atoms with Crippen molar-refractivity contribution in [1.82, 2.24) is 20.2 Å². The van der Waals surface area contributed by atoms with E-state index in [1.54, 1.807) is 0 Å². The number of rotatable bonds is 10. The molecule has 1 aliphatic heterocycles. The van der Waals surface area contributed by atoms with E-state index in [1.807, 2.05) is 67.6 Å². The van der Waals surface area contributed by atoms with Crippen LogP contribution in [0.15, 0.2) is 60.7 Å². The Kier molecular flexibility index (Phi) is 7.87. The number of anilines is 4. The minimum Gasteiger partial charge on any atom is -0.355 e. The number of carbonyl (C=O) groups is 1. The van der Waals surface area contributed by atoms with Gasteiger partial charge in [-0.1, -0.05) is 30.3 Å². The second-order valence-electron chi connectivity index (χ2n) is 8.43. The van der Waals surface area contributed by atoms with E-state index in [0.717, 1.165) is 61.0 Å². The number of carbonyl (C=O) groups excluding carboxylic acids is 1. The molecule has 3 N–H and O–H groups in total. The predicted octanol–water partition coefficient (Wildman–Crippen LogP) is 4.42. The molecule has 3 aromatic rings. The lowest BCUT2D eigenvalue weighted by Gasteiger charge is -2.14. The smallest absolute Gasteiger partial charge is 0.229 e. The topological polar surface area (TPSA) is 82.2 Å². The standard InChI is InChI=1S/C26H32N6O/c1-20-19-24(29-22-7-3-2-4-8-22)31-26(28-20)30-23-12-9-21(10-13-23)11-14-25(33)27-15-18-32-16-5-6-17-32/h2-4,7-10,12-13,19H,5-6,11,14-18H2,1H3,(H,27,33)(H2,28,29,30,31). The molecule has 7 heteroatoms. The largest absolute Gasteiger partial charge is 0.355 e. The average Bonchev–Trinajstić information content (AvgIpc) is 3.32. The Morgan fingerprint density at radius 3 is 2.42 bits per heavy atom. The molecule has 2 aromatic carbocycles. The first kappa shape index (κ1) is 22.7. The van der Waals surface area contributed by atoms with E-state index in [0.29, 0.717) is 12.4 Å². The van der Waals surface area contributed by atoms with Gasteiger partial charge in [0, 0.05) is 42.6 Å². The molecule has 2 heterocycles. The van der Waals surface area contributed by atoms with E-state index in [1.165, 1.54) is 12.8 Å². The van der Waals surface area contributed by atoms with E-state index >= 15 is 0 Å². The number of benzene rings is 2. The van der Waals surface area contributed by atoms with Crippen LogP contribution in [-0.4, -0.2) is 47.0 Å². The normalized spacial score (nSPS) is 13.6. The molecule has 1 aliphatic rings. The molecule has 0 radical (unpaired) electrons. The molecule has 33 heavy (non-hydrogen) atoms. The molecule has 0 bridgehead atoms. The van der Waals surface area contributed by atoms with Crippen LogP contribution in [0.1, 0.15) is 30.5 Å². The molecule has 0 unspecified atom stereocenters. The number of amides is 1. The number of aromatic nitrogens is 2. The molecule has 0 spiro atoms. The highest BCUT2D eigenvalue weighted by Crippen LogP contribution is 2.19. The highest BCUT2D eigenvalue weighted by Gasteiger charge is 2.11. The molecule has 1 saturated heterocycles. The molecule has 4 rings (SSSR count). The van der Waals surface area contributed by atoms with E-state index in [-0.39, 0.29) is 5.91 Å². The number of likely N-dealkylation sites (tertiary alicyclic amines) is 1. The zero-order valence-corrected chi connectivity index (χ0v) is 19.2. The molecular formula is C26H32N6O. The maximum atomic E-state index is 12.1. The lowest BCUT2D eigenvalue weighted by molar-refractivity contribution is -0.121. The summed E-state index contributed by atoms with van der Waals surface area (Å²) in [6, 6.07) is 19.9. The number of hydrogen-bond donors (Lipinski definition) is 3. The summed E-state index contributed by atoms with van der Waals surface area (Å²) in [6.45, 7) is 5.96. The highest BCUT2D eigenvalue weighted by molar-refractivity contribution is 5.76. The van der Waals surface area contributed by atoms with Gasteiger partial charge in [0.1, 0.15) is 5.82 Å². The average molecular weight is 445 g/mol. The van der Waals surface area contributed by atoms with Crippen molar-refractivity contribution < 1.29 is 4.79 Å². The third kappa shape index (κ3) is 7.29. The first-order valence-electron chi connectivity index (χ1n) is 11.7. The Morgan fingerprint density at radius 1 is 0.939 bits per heavy atom. The van der Waals surface area contributed by atoms with E-state index in [4.69, 9.17) is 0 Å². The van der Waals surface area contributed by atoms with Gasteiger partial charge >= 0.3 is 0 Å². The number of nitrogens with one attached hydrogen (secondary N) is 3. The lowest BCUT2D eigenvalue weighted by atomic mass is 10.1. The van der Waals surface area contributed by atoms with Gasteiger partial charge in [-0.2, -0.15) is 4.98 Å². The molecule has 1 fully saturated rings. The van der Waals surface area contributed by atoms with Gasteiger partial charge in [-0.05, 0) is 69.1 Å². The minimum absolute atomic E-state index is 0.114. The third-order valence-corrected chi connectivity index (χ3v) is 5.70. The van der Waals surface area contributed by atoms with Crippen LogP contribution in [-0.2, 0) is 11.2 Å². The van der Waals surface area contributed by atoms with Crippen LogP contribution in [0.25, 0.3) is 0 Å². The van der Waals surface area contributed by atoms with Crippen molar-refractivity contribution in [3.63, 3.8) is 0 Å².